The van der Waals surface area contributed by atoms with E-state index in [1.807, 2.05) is 24.3 Å². The van der Waals surface area contributed by atoms with Crippen molar-refractivity contribution in [3.63, 3.8) is 0 Å². The van der Waals surface area contributed by atoms with Crippen LogP contribution in [-0.2, 0) is 6.42 Å². The first-order valence-electron chi connectivity index (χ1n) is 5.94. The van der Waals surface area contributed by atoms with Gasteiger partial charge in [0.05, 0.1) is 7.11 Å². The number of hydrogen-bond acceptors (Lipinski definition) is 2. The zero-order valence-corrected chi connectivity index (χ0v) is 12.2. The molecule has 100 valence electrons. The maximum absolute atomic E-state index is 13.4. The average Bonchev–Trinajstić information content (AvgIpc) is 2.42. The number of rotatable bonds is 4. The average molecular weight is 324 g/mol. The third-order valence-corrected chi connectivity index (χ3v) is 3.77. The fourth-order valence-corrected chi connectivity index (χ4v) is 2.37. The van der Waals surface area contributed by atoms with Gasteiger partial charge in [0.25, 0.3) is 0 Å². The number of ether oxygens (including phenoxy) is 1. The molecule has 2 aromatic carbocycles. The summed E-state index contributed by atoms with van der Waals surface area (Å²) in [7, 11) is 1.45. The Morgan fingerprint density at radius 2 is 2.00 bits per heavy atom. The molecule has 0 radical (unpaired) electrons. The number of halogens is 2. The van der Waals surface area contributed by atoms with Gasteiger partial charge in [0, 0.05) is 10.5 Å². The van der Waals surface area contributed by atoms with Crippen LogP contribution in [0.4, 0.5) is 4.39 Å². The van der Waals surface area contributed by atoms with Crippen molar-refractivity contribution >= 4 is 15.9 Å². The molecule has 0 heterocycles. The first kappa shape index (κ1) is 14.0. The number of methoxy groups -OCH3 is 1. The van der Waals surface area contributed by atoms with Gasteiger partial charge in [-0.25, -0.2) is 4.39 Å². The Labute approximate surface area is 120 Å². The van der Waals surface area contributed by atoms with E-state index in [4.69, 9.17) is 10.5 Å². The van der Waals surface area contributed by atoms with Gasteiger partial charge in [-0.3, -0.25) is 0 Å². The van der Waals surface area contributed by atoms with Crippen LogP contribution < -0.4 is 10.5 Å². The van der Waals surface area contributed by atoms with Crippen LogP contribution in [0.3, 0.4) is 0 Å². The molecule has 0 aliphatic rings. The minimum Gasteiger partial charge on any atom is -0.494 e. The predicted octanol–water partition coefficient (Wildman–Crippen LogP) is 3.84. The quantitative estimate of drug-likeness (QED) is 0.927. The fraction of sp³-hybridized carbons (Fsp3) is 0.200. The van der Waals surface area contributed by atoms with Crippen LogP contribution in [-0.4, -0.2) is 7.11 Å². The maximum Gasteiger partial charge on any atom is 0.165 e. The molecule has 0 saturated carbocycles. The van der Waals surface area contributed by atoms with Crippen molar-refractivity contribution in [2.75, 3.05) is 7.11 Å². The SMILES string of the molecule is COc1cc(C(N)Cc2ccccc2Br)ccc1F. The molecule has 0 bridgehead atoms. The van der Waals surface area contributed by atoms with Gasteiger partial charge in [-0.1, -0.05) is 40.2 Å². The Bertz CT molecular complexity index is 574. The molecular formula is C15H15BrFNO. The van der Waals surface area contributed by atoms with Crippen LogP contribution in [0, 0.1) is 5.82 Å². The molecule has 0 fully saturated rings. The normalized spacial score (nSPS) is 12.2. The number of hydrogen-bond donors (Lipinski definition) is 1. The lowest BCUT2D eigenvalue weighted by atomic mass is 9.99. The molecule has 0 aromatic heterocycles. The summed E-state index contributed by atoms with van der Waals surface area (Å²) in [6.07, 6.45) is 0.677. The van der Waals surface area contributed by atoms with E-state index in [1.165, 1.54) is 13.2 Å². The lowest BCUT2D eigenvalue weighted by Gasteiger charge is -2.14. The van der Waals surface area contributed by atoms with Crippen molar-refractivity contribution in [3.8, 4) is 5.75 Å². The highest BCUT2D eigenvalue weighted by atomic mass is 79.9. The van der Waals surface area contributed by atoms with Gasteiger partial charge in [0.2, 0.25) is 0 Å². The lowest BCUT2D eigenvalue weighted by Crippen LogP contribution is -2.14. The van der Waals surface area contributed by atoms with Crippen molar-refractivity contribution in [3.05, 3.63) is 63.9 Å². The van der Waals surface area contributed by atoms with Crippen molar-refractivity contribution in [2.24, 2.45) is 5.73 Å². The molecule has 1 unspecified atom stereocenters. The smallest absolute Gasteiger partial charge is 0.165 e. The van der Waals surface area contributed by atoms with Crippen molar-refractivity contribution < 1.29 is 9.13 Å². The van der Waals surface area contributed by atoms with Gasteiger partial charge in [-0.15, -0.1) is 0 Å². The zero-order chi connectivity index (χ0) is 13.8. The Kier molecular flexibility index (Phi) is 4.56. The second-order valence-electron chi connectivity index (χ2n) is 4.30. The predicted molar refractivity (Wildman–Crippen MR) is 77.7 cm³/mol. The molecule has 0 aliphatic carbocycles. The molecule has 1 atom stereocenters. The van der Waals surface area contributed by atoms with Crippen molar-refractivity contribution in [1.29, 1.82) is 0 Å². The van der Waals surface area contributed by atoms with Crippen LogP contribution in [0.2, 0.25) is 0 Å². The number of benzene rings is 2. The Morgan fingerprint density at radius 1 is 1.26 bits per heavy atom. The highest BCUT2D eigenvalue weighted by Crippen LogP contribution is 2.26. The van der Waals surface area contributed by atoms with E-state index in [-0.39, 0.29) is 17.6 Å². The van der Waals surface area contributed by atoms with E-state index in [0.717, 1.165) is 15.6 Å². The van der Waals surface area contributed by atoms with Gasteiger partial charge in [-0.2, -0.15) is 0 Å². The lowest BCUT2D eigenvalue weighted by molar-refractivity contribution is 0.385. The summed E-state index contributed by atoms with van der Waals surface area (Å²) in [6.45, 7) is 0. The van der Waals surface area contributed by atoms with E-state index in [9.17, 15) is 4.39 Å². The molecule has 0 spiro atoms. The third-order valence-electron chi connectivity index (χ3n) is 3.00. The third kappa shape index (κ3) is 3.33. The second kappa shape index (κ2) is 6.17. The topological polar surface area (TPSA) is 35.2 Å². The van der Waals surface area contributed by atoms with Crippen LogP contribution in [0.5, 0.6) is 5.75 Å². The second-order valence-corrected chi connectivity index (χ2v) is 5.15. The van der Waals surface area contributed by atoms with E-state index < -0.39 is 0 Å². The Morgan fingerprint density at radius 3 is 2.68 bits per heavy atom. The summed E-state index contributed by atoms with van der Waals surface area (Å²) in [4.78, 5) is 0. The summed E-state index contributed by atoms with van der Waals surface area (Å²) >= 11 is 3.50. The molecule has 2 nitrogen and oxygen atoms in total. The summed E-state index contributed by atoms with van der Waals surface area (Å²) < 4.78 is 19.3. The largest absolute Gasteiger partial charge is 0.494 e. The monoisotopic (exact) mass is 323 g/mol. The van der Waals surface area contributed by atoms with Gasteiger partial charge < -0.3 is 10.5 Å². The fourth-order valence-electron chi connectivity index (χ4n) is 1.93. The summed E-state index contributed by atoms with van der Waals surface area (Å²) in [5.41, 5.74) is 8.15. The van der Waals surface area contributed by atoms with Gasteiger partial charge in [0.15, 0.2) is 11.6 Å². The number of nitrogens with two attached hydrogens (primary N) is 1. The van der Waals surface area contributed by atoms with Crippen molar-refractivity contribution in [1.82, 2.24) is 0 Å². The van der Waals surface area contributed by atoms with Gasteiger partial charge in [-0.05, 0) is 35.7 Å². The van der Waals surface area contributed by atoms with E-state index >= 15 is 0 Å². The van der Waals surface area contributed by atoms with E-state index in [1.54, 1.807) is 12.1 Å². The molecule has 4 heteroatoms. The Hall–Kier alpha value is -1.39. The first-order chi connectivity index (χ1) is 9.11. The zero-order valence-electron chi connectivity index (χ0n) is 10.6. The summed E-state index contributed by atoms with van der Waals surface area (Å²) in [5, 5.41) is 0. The molecule has 19 heavy (non-hydrogen) atoms. The molecule has 2 rings (SSSR count). The highest BCUT2D eigenvalue weighted by Gasteiger charge is 2.12. The Balaban J connectivity index is 2.20. The van der Waals surface area contributed by atoms with Crippen LogP contribution in [0.1, 0.15) is 17.2 Å². The molecule has 2 aromatic rings. The maximum atomic E-state index is 13.4. The van der Waals surface area contributed by atoms with Gasteiger partial charge in [0.1, 0.15) is 0 Å². The molecule has 2 N–H and O–H groups in total. The highest BCUT2D eigenvalue weighted by molar-refractivity contribution is 9.10. The molecule has 0 saturated heterocycles. The van der Waals surface area contributed by atoms with Crippen molar-refractivity contribution in [2.45, 2.75) is 12.5 Å². The van der Waals surface area contributed by atoms with Crippen LogP contribution in [0.25, 0.3) is 0 Å². The molecule has 0 aliphatic heterocycles. The van der Waals surface area contributed by atoms with E-state index in [2.05, 4.69) is 15.9 Å². The minimum atomic E-state index is -0.376. The first-order valence-corrected chi connectivity index (χ1v) is 6.73. The minimum absolute atomic E-state index is 0.201. The summed E-state index contributed by atoms with van der Waals surface area (Å²) in [6, 6.07) is 12.5. The van der Waals surface area contributed by atoms with Crippen LogP contribution in [0.15, 0.2) is 46.9 Å². The summed E-state index contributed by atoms with van der Waals surface area (Å²) in [5.74, 6) is -0.153. The molecular weight excluding hydrogens is 309 g/mol. The van der Waals surface area contributed by atoms with Crippen LogP contribution >= 0.6 is 15.9 Å². The van der Waals surface area contributed by atoms with Gasteiger partial charge >= 0.3 is 0 Å². The standard InChI is InChI=1S/C15H15BrFNO/c1-19-15-9-11(6-7-13(15)17)14(18)8-10-4-2-3-5-12(10)16/h2-7,9,14H,8,18H2,1H3. The molecule has 0 amide bonds. The van der Waals surface area contributed by atoms with E-state index in [0.29, 0.717) is 6.42 Å².